The van der Waals surface area contributed by atoms with Gasteiger partial charge in [0, 0.05) is 0 Å². The summed E-state index contributed by atoms with van der Waals surface area (Å²) in [5, 5.41) is 0.0559. The molecule has 0 aromatic carbocycles. The van der Waals surface area contributed by atoms with Crippen molar-refractivity contribution in [3.8, 4) is 0 Å². The number of ether oxygens (including phenoxy) is 1. The molecule has 0 aromatic heterocycles. The summed E-state index contributed by atoms with van der Waals surface area (Å²) < 4.78 is 11.6. The monoisotopic (exact) mass is 300 g/mol. The van der Waals surface area contributed by atoms with E-state index in [1.165, 1.54) is 0 Å². The molecule has 0 saturated carbocycles. The van der Waals surface area contributed by atoms with Gasteiger partial charge in [0.25, 0.3) is 8.32 Å². The zero-order valence-electron chi connectivity index (χ0n) is 14.7. The molecule has 0 amide bonds. The Morgan fingerprint density at radius 3 is 1.95 bits per heavy atom. The summed E-state index contributed by atoms with van der Waals surface area (Å²) >= 11 is 0. The summed E-state index contributed by atoms with van der Waals surface area (Å²) in [6.45, 7) is 18.4. The molecule has 0 rings (SSSR count). The molecule has 0 radical (unpaired) electrons. The topological polar surface area (TPSA) is 35.5 Å². The van der Waals surface area contributed by atoms with Gasteiger partial charge < -0.3 is 9.16 Å². The second-order valence-electron chi connectivity index (χ2n) is 7.72. The minimum atomic E-state index is -2.03. The van der Waals surface area contributed by atoms with Crippen LogP contribution in [0.15, 0.2) is 11.8 Å². The third-order valence-electron chi connectivity index (χ3n) is 3.39. The molecule has 0 fully saturated rings. The minimum Gasteiger partial charge on any atom is -0.539 e. The van der Waals surface area contributed by atoms with Gasteiger partial charge in [-0.25, -0.2) is 4.79 Å². The van der Waals surface area contributed by atoms with E-state index in [0.717, 1.165) is 12.8 Å². The van der Waals surface area contributed by atoms with Crippen LogP contribution in [0.4, 0.5) is 0 Å². The Hall–Kier alpha value is -0.773. The molecule has 3 nitrogen and oxygen atoms in total. The quantitative estimate of drug-likeness (QED) is 0.309. The molecule has 0 unspecified atom stereocenters. The lowest BCUT2D eigenvalue weighted by Crippen LogP contribution is -2.42. The van der Waals surface area contributed by atoms with Crippen molar-refractivity contribution in [2.75, 3.05) is 0 Å². The van der Waals surface area contributed by atoms with Crippen molar-refractivity contribution < 1.29 is 14.0 Å². The molecular formula is C16H32O3Si. The van der Waals surface area contributed by atoms with Gasteiger partial charge in [-0.15, -0.1) is 0 Å². The number of carbonyl (C=O) groups is 1. The van der Waals surface area contributed by atoms with Crippen LogP contribution < -0.4 is 0 Å². The molecule has 118 valence electrons. The molecule has 0 aromatic rings. The highest BCUT2D eigenvalue weighted by atomic mass is 28.4. The zero-order chi connectivity index (χ0) is 16.2. The summed E-state index contributed by atoms with van der Waals surface area (Å²) in [7, 11) is -2.03. The Morgan fingerprint density at radius 2 is 1.60 bits per heavy atom. The Balaban J connectivity index is 5.15. The standard InChI is InChI=1S/C16H32O3Si/c1-10-11-12-13(14(17)18-15(2,3)4)19-20(8,9)16(5,6)7/h12H,10-11H2,1-9H3/b13-12+. The van der Waals surface area contributed by atoms with E-state index in [9.17, 15) is 4.79 Å². The summed E-state index contributed by atoms with van der Waals surface area (Å²) in [6, 6.07) is 0. The predicted octanol–water partition coefficient (Wildman–Crippen LogP) is 5.03. The first-order chi connectivity index (χ1) is 8.80. The maximum atomic E-state index is 12.3. The van der Waals surface area contributed by atoms with Gasteiger partial charge in [-0.1, -0.05) is 34.1 Å². The van der Waals surface area contributed by atoms with Gasteiger partial charge >= 0.3 is 5.97 Å². The molecule has 0 aliphatic heterocycles. The first-order valence-electron chi connectivity index (χ1n) is 7.42. The van der Waals surface area contributed by atoms with E-state index < -0.39 is 13.9 Å². The number of rotatable bonds is 5. The number of carbonyl (C=O) groups excluding carboxylic acids is 1. The van der Waals surface area contributed by atoms with Crippen molar-refractivity contribution in [1.29, 1.82) is 0 Å². The Labute approximate surface area is 125 Å². The highest BCUT2D eigenvalue weighted by Gasteiger charge is 2.40. The molecule has 0 spiro atoms. The summed E-state index contributed by atoms with van der Waals surface area (Å²) in [6.07, 6.45) is 3.67. The lowest BCUT2D eigenvalue weighted by Gasteiger charge is -2.37. The van der Waals surface area contributed by atoms with Crippen molar-refractivity contribution in [1.82, 2.24) is 0 Å². The first-order valence-corrected chi connectivity index (χ1v) is 10.3. The summed E-state index contributed by atoms with van der Waals surface area (Å²) in [4.78, 5) is 12.3. The summed E-state index contributed by atoms with van der Waals surface area (Å²) in [5.41, 5.74) is -0.501. The Kier molecular flexibility index (Phi) is 6.53. The van der Waals surface area contributed by atoms with Crippen LogP contribution in [0.1, 0.15) is 61.3 Å². The van der Waals surface area contributed by atoms with Crippen LogP contribution in [0, 0.1) is 0 Å². The maximum Gasteiger partial charge on any atom is 0.372 e. The van der Waals surface area contributed by atoms with Gasteiger partial charge in [0.05, 0.1) is 0 Å². The molecule has 0 bridgehead atoms. The predicted molar refractivity (Wildman–Crippen MR) is 87.1 cm³/mol. The van der Waals surface area contributed by atoms with E-state index in [4.69, 9.17) is 9.16 Å². The molecule has 0 heterocycles. The van der Waals surface area contributed by atoms with Crippen molar-refractivity contribution in [2.45, 2.75) is 85.0 Å². The number of allylic oxidation sites excluding steroid dienone is 1. The normalized spacial score (nSPS) is 14.2. The minimum absolute atomic E-state index is 0.0559. The smallest absolute Gasteiger partial charge is 0.372 e. The zero-order valence-corrected chi connectivity index (χ0v) is 15.7. The van der Waals surface area contributed by atoms with E-state index >= 15 is 0 Å². The molecular weight excluding hydrogens is 268 g/mol. The fourth-order valence-electron chi connectivity index (χ4n) is 1.20. The van der Waals surface area contributed by atoms with Gasteiger partial charge in [0.2, 0.25) is 0 Å². The second kappa shape index (κ2) is 6.79. The Morgan fingerprint density at radius 1 is 1.10 bits per heavy atom. The van der Waals surface area contributed by atoms with E-state index in [1.54, 1.807) is 0 Å². The van der Waals surface area contributed by atoms with Crippen LogP contribution >= 0.6 is 0 Å². The average Bonchev–Trinajstić information content (AvgIpc) is 2.19. The maximum absolute atomic E-state index is 12.3. The third kappa shape index (κ3) is 6.59. The third-order valence-corrected chi connectivity index (χ3v) is 7.73. The van der Waals surface area contributed by atoms with E-state index in [1.807, 2.05) is 26.8 Å². The molecule has 0 saturated heterocycles. The number of esters is 1. The van der Waals surface area contributed by atoms with Crippen LogP contribution in [-0.4, -0.2) is 19.9 Å². The fourth-order valence-corrected chi connectivity index (χ4v) is 2.22. The Bertz CT molecular complexity index is 357. The molecule has 0 aliphatic carbocycles. The van der Waals surface area contributed by atoms with Crippen LogP contribution in [0.3, 0.4) is 0 Å². The van der Waals surface area contributed by atoms with Crippen LogP contribution in [0.2, 0.25) is 18.1 Å². The van der Waals surface area contributed by atoms with Crippen LogP contribution in [0.25, 0.3) is 0 Å². The van der Waals surface area contributed by atoms with E-state index in [0.29, 0.717) is 5.76 Å². The molecule has 0 atom stereocenters. The van der Waals surface area contributed by atoms with Gasteiger partial charge in [-0.2, -0.15) is 0 Å². The molecule has 4 heteroatoms. The van der Waals surface area contributed by atoms with Gasteiger partial charge in [-0.05, 0) is 51.4 Å². The summed E-state index contributed by atoms with van der Waals surface area (Å²) in [5.74, 6) is 0.0316. The van der Waals surface area contributed by atoms with E-state index in [2.05, 4.69) is 40.8 Å². The van der Waals surface area contributed by atoms with Gasteiger partial charge in [-0.3, -0.25) is 0 Å². The number of hydrogen-bond acceptors (Lipinski definition) is 3. The van der Waals surface area contributed by atoms with Crippen molar-refractivity contribution in [3.05, 3.63) is 11.8 Å². The van der Waals surface area contributed by atoms with Gasteiger partial charge in [0.15, 0.2) is 5.76 Å². The van der Waals surface area contributed by atoms with Crippen molar-refractivity contribution >= 4 is 14.3 Å². The second-order valence-corrected chi connectivity index (χ2v) is 12.4. The average molecular weight is 301 g/mol. The highest BCUT2D eigenvalue weighted by molar-refractivity contribution is 6.74. The van der Waals surface area contributed by atoms with Crippen molar-refractivity contribution in [2.24, 2.45) is 0 Å². The largest absolute Gasteiger partial charge is 0.539 e. The SMILES string of the molecule is CCC/C=C(/O[Si](C)(C)C(C)(C)C)C(=O)OC(C)(C)C. The lowest BCUT2D eigenvalue weighted by molar-refractivity contribution is -0.152. The van der Waals surface area contributed by atoms with Crippen LogP contribution in [-0.2, 0) is 14.0 Å². The molecule has 0 aliphatic rings. The fraction of sp³-hybridized carbons (Fsp3) is 0.812. The molecule has 0 N–H and O–H groups in total. The number of unbranched alkanes of at least 4 members (excludes halogenated alkanes) is 1. The lowest BCUT2D eigenvalue weighted by atomic mass is 10.2. The molecule has 20 heavy (non-hydrogen) atoms. The van der Waals surface area contributed by atoms with Crippen molar-refractivity contribution in [3.63, 3.8) is 0 Å². The highest BCUT2D eigenvalue weighted by Crippen LogP contribution is 2.38. The number of hydrogen-bond donors (Lipinski definition) is 0. The van der Waals surface area contributed by atoms with Gasteiger partial charge in [0.1, 0.15) is 5.60 Å². The van der Waals surface area contributed by atoms with Crippen LogP contribution in [0.5, 0.6) is 0 Å². The van der Waals surface area contributed by atoms with E-state index in [-0.39, 0.29) is 11.0 Å². The first kappa shape index (κ1) is 19.2.